The van der Waals surface area contributed by atoms with Crippen LogP contribution in [0.2, 0.25) is 16.6 Å². The van der Waals surface area contributed by atoms with Gasteiger partial charge in [-0.3, -0.25) is 19.9 Å². The standard InChI is InChI=1S/C28H33N3O3Si/c1-19(2)35(20(3)4,21(5)6)16-14-24-17-25(31(33)34)13-12-23(24)18-27(32)30-26-11-7-9-22-10-8-15-29-28(22)26/h7-13,15,17,19-21H,18H2,1-6H3,(H,30,32). The van der Waals surface area contributed by atoms with Crippen molar-refractivity contribution in [2.45, 2.75) is 64.6 Å². The Morgan fingerprint density at radius 1 is 1.03 bits per heavy atom. The Hall–Kier alpha value is -3.50. The molecule has 0 fully saturated rings. The summed E-state index contributed by atoms with van der Waals surface area (Å²) in [6.45, 7) is 13.3. The number of rotatable bonds is 7. The second-order valence-corrected chi connectivity index (χ2v) is 15.4. The maximum absolute atomic E-state index is 13.0. The van der Waals surface area contributed by atoms with Gasteiger partial charge in [-0.1, -0.05) is 71.7 Å². The average molecular weight is 488 g/mol. The van der Waals surface area contributed by atoms with Crippen molar-refractivity contribution in [3.8, 4) is 11.5 Å². The van der Waals surface area contributed by atoms with Crippen LogP contribution in [0.15, 0.2) is 54.7 Å². The largest absolute Gasteiger partial charge is 0.324 e. The third-order valence-corrected chi connectivity index (χ3v) is 13.1. The first-order valence-electron chi connectivity index (χ1n) is 12.0. The Morgan fingerprint density at radius 2 is 1.69 bits per heavy atom. The highest BCUT2D eigenvalue weighted by atomic mass is 28.3. The predicted octanol–water partition coefficient (Wildman–Crippen LogP) is 6.89. The molecule has 35 heavy (non-hydrogen) atoms. The molecule has 3 rings (SSSR count). The lowest BCUT2D eigenvalue weighted by Gasteiger charge is -2.38. The minimum atomic E-state index is -2.05. The number of aromatic nitrogens is 1. The molecule has 0 unspecified atom stereocenters. The van der Waals surface area contributed by atoms with Crippen LogP contribution in [0.3, 0.4) is 0 Å². The summed E-state index contributed by atoms with van der Waals surface area (Å²) in [5, 5.41) is 15.3. The lowest BCUT2D eigenvalue weighted by atomic mass is 10.0. The molecule has 1 amide bonds. The smallest absolute Gasteiger partial charge is 0.270 e. The number of nitro benzene ring substituents is 1. The van der Waals surface area contributed by atoms with Gasteiger partial charge in [0.15, 0.2) is 0 Å². The minimum Gasteiger partial charge on any atom is -0.324 e. The first kappa shape index (κ1) is 26.1. The van der Waals surface area contributed by atoms with Crippen molar-refractivity contribution in [3.63, 3.8) is 0 Å². The fraction of sp³-hybridized carbons (Fsp3) is 0.357. The summed E-state index contributed by atoms with van der Waals surface area (Å²) in [4.78, 5) is 28.4. The number of nitro groups is 1. The van der Waals surface area contributed by atoms with Crippen molar-refractivity contribution < 1.29 is 9.72 Å². The Morgan fingerprint density at radius 3 is 2.31 bits per heavy atom. The van der Waals surface area contributed by atoms with Gasteiger partial charge in [-0.2, -0.15) is 0 Å². The molecule has 0 atom stereocenters. The molecule has 1 aromatic heterocycles. The zero-order valence-electron chi connectivity index (χ0n) is 21.3. The predicted molar refractivity (Wildman–Crippen MR) is 145 cm³/mol. The molecule has 0 saturated carbocycles. The molecule has 0 bridgehead atoms. The number of benzene rings is 2. The summed E-state index contributed by atoms with van der Waals surface area (Å²) in [5.41, 5.74) is 7.46. The lowest BCUT2D eigenvalue weighted by Crippen LogP contribution is -2.43. The quantitative estimate of drug-likeness (QED) is 0.170. The van der Waals surface area contributed by atoms with Gasteiger partial charge in [-0.15, -0.1) is 5.54 Å². The molecule has 7 heteroatoms. The third-order valence-electron chi connectivity index (χ3n) is 6.84. The summed E-state index contributed by atoms with van der Waals surface area (Å²) in [5.74, 6) is 3.09. The third kappa shape index (κ3) is 5.60. The van der Waals surface area contributed by atoms with Crippen LogP contribution >= 0.6 is 0 Å². The van der Waals surface area contributed by atoms with Crippen molar-refractivity contribution in [2.24, 2.45) is 0 Å². The Labute approximate surface area is 208 Å². The number of carbonyl (C=O) groups excluding carboxylic acids is 1. The molecule has 0 aliphatic rings. The van der Waals surface area contributed by atoms with E-state index < -0.39 is 13.0 Å². The van der Waals surface area contributed by atoms with E-state index >= 15 is 0 Å². The molecule has 1 heterocycles. The maximum Gasteiger partial charge on any atom is 0.270 e. The minimum absolute atomic E-state index is 0.0254. The number of amides is 1. The number of nitrogens with zero attached hydrogens (tertiary/aromatic N) is 2. The Bertz CT molecular complexity index is 1280. The molecule has 182 valence electrons. The van der Waals surface area contributed by atoms with Crippen LogP contribution in [-0.4, -0.2) is 23.9 Å². The van der Waals surface area contributed by atoms with Crippen molar-refractivity contribution in [1.29, 1.82) is 0 Å². The van der Waals surface area contributed by atoms with E-state index in [2.05, 4.69) is 63.3 Å². The Balaban J connectivity index is 1.99. The van der Waals surface area contributed by atoms with Crippen molar-refractivity contribution >= 4 is 36.3 Å². The number of fused-ring (bicyclic) bond motifs is 1. The number of nitrogens with one attached hydrogen (secondary N) is 1. The van der Waals surface area contributed by atoms with Gasteiger partial charge in [-0.25, -0.2) is 0 Å². The number of anilines is 1. The second-order valence-electron chi connectivity index (χ2n) is 9.85. The zero-order chi connectivity index (χ0) is 25.8. The highest BCUT2D eigenvalue weighted by Gasteiger charge is 2.41. The van der Waals surface area contributed by atoms with E-state index in [4.69, 9.17) is 0 Å². The Kier molecular flexibility index (Phi) is 8.08. The summed E-state index contributed by atoms with van der Waals surface area (Å²) in [7, 11) is -2.05. The second kappa shape index (κ2) is 10.8. The van der Waals surface area contributed by atoms with Gasteiger partial charge in [-0.05, 0) is 34.3 Å². The highest BCUT2D eigenvalue weighted by Crippen LogP contribution is 2.41. The van der Waals surface area contributed by atoms with Gasteiger partial charge >= 0.3 is 0 Å². The normalized spacial score (nSPS) is 11.6. The summed E-state index contributed by atoms with van der Waals surface area (Å²) >= 11 is 0. The van der Waals surface area contributed by atoms with Crippen LogP contribution in [0.25, 0.3) is 10.9 Å². The van der Waals surface area contributed by atoms with E-state index in [1.54, 1.807) is 12.3 Å². The fourth-order valence-electron chi connectivity index (χ4n) is 5.13. The molecule has 0 spiro atoms. The molecule has 6 nitrogen and oxygen atoms in total. The van der Waals surface area contributed by atoms with Crippen molar-refractivity contribution in [1.82, 2.24) is 4.98 Å². The zero-order valence-corrected chi connectivity index (χ0v) is 22.3. The molecule has 2 aromatic carbocycles. The molecule has 0 aliphatic heterocycles. The van der Waals surface area contributed by atoms with Crippen molar-refractivity contribution in [3.05, 3.63) is 76.0 Å². The van der Waals surface area contributed by atoms with Crippen LogP contribution in [0.4, 0.5) is 11.4 Å². The number of pyridine rings is 1. The molecule has 0 saturated heterocycles. The van der Waals surface area contributed by atoms with Gasteiger partial charge in [0.2, 0.25) is 5.91 Å². The van der Waals surface area contributed by atoms with Crippen LogP contribution in [0.1, 0.15) is 52.7 Å². The van der Waals surface area contributed by atoms with E-state index in [0.29, 0.717) is 39.0 Å². The first-order chi connectivity index (χ1) is 16.6. The first-order valence-corrected chi connectivity index (χ1v) is 14.2. The number of non-ortho nitro benzene ring substituents is 1. The summed E-state index contributed by atoms with van der Waals surface area (Å²) < 4.78 is 0. The van der Waals surface area contributed by atoms with Crippen LogP contribution in [0, 0.1) is 21.6 Å². The molecule has 0 radical (unpaired) electrons. The summed E-state index contributed by atoms with van der Waals surface area (Å²) in [6.07, 6.45) is 1.75. The number of para-hydroxylation sites is 1. The van der Waals surface area contributed by atoms with E-state index in [9.17, 15) is 14.9 Å². The topological polar surface area (TPSA) is 85.1 Å². The lowest BCUT2D eigenvalue weighted by molar-refractivity contribution is -0.384. The van der Waals surface area contributed by atoms with E-state index in [1.165, 1.54) is 12.1 Å². The molecular formula is C28H33N3O3Si. The maximum atomic E-state index is 13.0. The van der Waals surface area contributed by atoms with E-state index in [-0.39, 0.29) is 18.0 Å². The SMILES string of the molecule is CC(C)[Si](C#Cc1cc([N+](=O)[O-])ccc1CC(=O)Nc1cccc2cccnc12)(C(C)C)C(C)C. The van der Waals surface area contributed by atoms with Gasteiger partial charge in [0, 0.05) is 29.3 Å². The number of hydrogen-bond donors (Lipinski definition) is 1. The average Bonchev–Trinajstić information content (AvgIpc) is 2.79. The fourth-order valence-corrected chi connectivity index (χ4v) is 10.3. The van der Waals surface area contributed by atoms with Gasteiger partial charge in [0.1, 0.15) is 8.07 Å². The molecular weight excluding hydrogens is 454 g/mol. The monoisotopic (exact) mass is 487 g/mol. The van der Waals surface area contributed by atoms with Crippen LogP contribution in [-0.2, 0) is 11.2 Å². The molecule has 1 N–H and O–H groups in total. The highest BCUT2D eigenvalue weighted by molar-refractivity contribution is 6.90. The summed E-state index contributed by atoms with van der Waals surface area (Å²) in [6, 6.07) is 14.0. The van der Waals surface area contributed by atoms with Crippen LogP contribution < -0.4 is 5.32 Å². The number of hydrogen-bond acceptors (Lipinski definition) is 4. The van der Waals surface area contributed by atoms with Crippen LogP contribution in [0.5, 0.6) is 0 Å². The van der Waals surface area contributed by atoms with Gasteiger partial charge in [0.05, 0.1) is 22.5 Å². The van der Waals surface area contributed by atoms with Gasteiger partial charge < -0.3 is 5.32 Å². The van der Waals surface area contributed by atoms with E-state index in [1.807, 2.05) is 30.3 Å². The number of carbonyl (C=O) groups is 1. The molecule has 0 aliphatic carbocycles. The van der Waals surface area contributed by atoms with Crippen molar-refractivity contribution in [2.75, 3.05) is 5.32 Å². The van der Waals surface area contributed by atoms with E-state index in [0.717, 1.165) is 5.39 Å². The molecule has 3 aromatic rings. The van der Waals surface area contributed by atoms with Gasteiger partial charge in [0.25, 0.3) is 5.69 Å².